The summed E-state index contributed by atoms with van der Waals surface area (Å²) < 4.78 is 6.00. The van der Waals surface area contributed by atoms with E-state index in [0.29, 0.717) is 11.7 Å². The molecule has 0 spiro atoms. The maximum atomic E-state index is 12.7. The molecule has 2 bridgehead atoms. The molecule has 5 heteroatoms. The number of piperidine rings is 3. The minimum Gasteiger partial charge on any atom is -0.451 e. The summed E-state index contributed by atoms with van der Waals surface area (Å²) in [5, 5.41) is 3.22. The Balaban J connectivity index is 1.34. The molecule has 4 fully saturated rings. The first kappa shape index (κ1) is 16.9. The number of anilines is 1. The molecule has 0 radical (unpaired) electrons. The lowest BCUT2D eigenvalue weighted by atomic mass is 9.84. The number of benzene rings is 1. The van der Waals surface area contributed by atoms with Gasteiger partial charge < -0.3 is 19.5 Å². The Hall–Kier alpha value is -2.27. The summed E-state index contributed by atoms with van der Waals surface area (Å²) >= 11 is 0. The minimum atomic E-state index is -0.0846. The van der Waals surface area contributed by atoms with E-state index in [-0.39, 0.29) is 11.9 Å². The highest BCUT2D eigenvalue weighted by atomic mass is 16.4. The van der Waals surface area contributed by atoms with E-state index >= 15 is 0 Å². The summed E-state index contributed by atoms with van der Waals surface area (Å²) in [6.07, 6.45) is 4.86. The fourth-order valence-corrected chi connectivity index (χ4v) is 4.89. The van der Waals surface area contributed by atoms with Crippen LogP contribution >= 0.6 is 0 Å². The van der Waals surface area contributed by atoms with Crippen LogP contribution in [0.3, 0.4) is 0 Å². The number of carbonyl (C=O) groups excluding carboxylic acids is 1. The molecule has 2 aromatic rings. The zero-order valence-corrected chi connectivity index (χ0v) is 15.7. The quantitative estimate of drug-likeness (QED) is 0.902. The van der Waals surface area contributed by atoms with Gasteiger partial charge in [0.15, 0.2) is 5.76 Å². The molecule has 1 atom stereocenters. The van der Waals surface area contributed by atoms with Crippen LogP contribution in [-0.2, 0) is 0 Å². The van der Waals surface area contributed by atoms with Gasteiger partial charge in [-0.2, -0.15) is 0 Å². The first-order valence-electron chi connectivity index (χ1n) is 10.3. The van der Waals surface area contributed by atoms with Crippen LogP contribution in [0.25, 0.3) is 11.3 Å². The molecule has 4 aliphatic heterocycles. The van der Waals surface area contributed by atoms with Crippen molar-refractivity contribution in [3.8, 4) is 11.3 Å². The van der Waals surface area contributed by atoms with Crippen LogP contribution in [0.4, 0.5) is 5.69 Å². The Kier molecular flexibility index (Phi) is 4.40. The number of hydrogen-bond donors (Lipinski definition) is 1. The molecule has 1 unspecified atom stereocenters. The van der Waals surface area contributed by atoms with Crippen LogP contribution in [0.1, 0.15) is 36.2 Å². The lowest BCUT2D eigenvalue weighted by Crippen LogP contribution is -2.57. The highest BCUT2D eigenvalue weighted by Crippen LogP contribution is 2.34. The van der Waals surface area contributed by atoms with Crippen LogP contribution in [0.2, 0.25) is 0 Å². The predicted octanol–water partition coefficient (Wildman–Crippen LogP) is 3.37. The number of rotatable bonds is 4. The van der Waals surface area contributed by atoms with Crippen molar-refractivity contribution in [3.05, 3.63) is 42.2 Å². The molecule has 27 heavy (non-hydrogen) atoms. The van der Waals surface area contributed by atoms with Crippen molar-refractivity contribution in [2.45, 2.75) is 31.7 Å². The number of furan rings is 1. The number of para-hydroxylation sites is 1. The van der Waals surface area contributed by atoms with E-state index in [4.69, 9.17) is 4.42 Å². The van der Waals surface area contributed by atoms with Gasteiger partial charge in [0.2, 0.25) is 0 Å². The summed E-state index contributed by atoms with van der Waals surface area (Å²) in [6, 6.07) is 12.3. The van der Waals surface area contributed by atoms with Crippen molar-refractivity contribution in [1.82, 2.24) is 10.2 Å². The van der Waals surface area contributed by atoms with Crippen molar-refractivity contribution < 1.29 is 9.21 Å². The van der Waals surface area contributed by atoms with Crippen molar-refractivity contribution in [1.29, 1.82) is 0 Å². The van der Waals surface area contributed by atoms with Gasteiger partial charge in [-0.1, -0.05) is 12.1 Å². The topological polar surface area (TPSA) is 48.7 Å². The van der Waals surface area contributed by atoms with E-state index in [1.807, 2.05) is 18.2 Å². The van der Waals surface area contributed by atoms with Gasteiger partial charge in [-0.25, -0.2) is 0 Å². The molecule has 0 saturated carbocycles. The minimum absolute atomic E-state index is 0.0846. The largest absolute Gasteiger partial charge is 0.451 e. The van der Waals surface area contributed by atoms with Crippen molar-refractivity contribution in [3.63, 3.8) is 0 Å². The molecular formula is C22H27N3O2. The number of hydrogen-bond acceptors (Lipinski definition) is 4. The summed E-state index contributed by atoms with van der Waals surface area (Å²) in [7, 11) is 0. The first-order chi connectivity index (χ1) is 13.3. The Morgan fingerprint density at radius 1 is 1.00 bits per heavy atom. The third kappa shape index (κ3) is 3.25. The van der Waals surface area contributed by atoms with Crippen LogP contribution in [0, 0.1) is 5.92 Å². The third-order valence-corrected chi connectivity index (χ3v) is 6.42. The third-order valence-electron chi connectivity index (χ3n) is 6.42. The molecule has 0 aliphatic carbocycles. The van der Waals surface area contributed by atoms with Crippen molar-refractivity contribution >= 4 is 11.6 Å². The molecule has 1 aromatic heterocycles. The number of nitrogens with zero attached hydrogens (tertiary/aromatic N) is 2. The second-order valence-electron chi connectivity index (χ2n) is 8.09. The van der Waals surface area contributed by atoms with Crippen LogP contribution in [0.15, 0.2) is 40.8 Å². The summed E-state index contributed by atoms with van der Waals surface area (Å²) in [6.45, 7) is 5.50. The molecule has 142 valence electrons. The van der Waals surface area contributed by atoms with Gasteiger partial charge in [0.1, 0.15) is 5.76 Å². The predicted molar refractivity (Wildman–Crippen MR) is 106 cm³/mol. The van der Waals surface area contributed by atoms with Crippen LogP contribution < -0.4 is 10.2 Å². The van der Waals surface area contributed by atoms with Gasteiger partial charge >= 0.3 is 0 Å². The van der Waals surface area contributed by atoms with Gasteiger partial charge in [-0.15, -0.1) is 0 Å². The second kappa shape index (κ2) is 7.04. The van der Waals surface area contributed by atoms with Gasteiger partial charge in [0, 0.05) is 36.9 Å². The van der Waals surface area contributed by atoms with Gasteiger partial charge in [0.25, 0.3) is 5.91 Å². The number of fused-ring (bicyclic) bond motifs is 3. The lowest BCUT2D eigenvalue weighted by Gasteiger charge is -2.44. The van der Waals surface area contributed by atoms with E-state index < -0.39 is 0 Å². The van der Waals surface area contributed by atoms with Crippen LogP contribution in [-0.4, -0.2) is 49.6 Å². The number of nitrogens with one attached hydrogen (secondary N) is 1. The Bertz CT molecular complexity index is 816. The fourth-order valence-electron chi connectivity index (χ4n) is 4.89. The van der Waals surface area contributed by atoms with Gasteiger partial charge in [-0.3, -0.25) is 4.79 Å². The van der Waals surface area contributed by atoms with E-state index in [9.17, 15) is 4.79 Å². The average molecular weight is 365 g/mol. The Morgan fingerprint density at radius 3 is 2.52 bits per heavy atom. The molecule has 1 N–H and O–H groups in total. The molecule has 6 rings (SSSR count). The monoisotopic (exact) mass is 365 g/mol. The van der Waals surface area contributed by atoms with Crippen molar-refractivity contribution in [2.24, 2.45) is 5.92 Å². The maximum Gasteiger partial charge on any atom is 0.287 e. The van der Waals surface area contributed by atoms with E-state index in [0.717, 1.165) is 31.0 Å². The Labute approximate surface area is 160 Å². The highest BCUT2D eigenvalue weighted by molar-refractivity contribution is 5.92. The molecule has 5 nitrogen and oxygen atoms in total. The molecule has 1 aromatic carbocycles. The SMILES string of the molecule is O=C(NC1CN2CCC1CC2)c1ccc(-c2ccccc2N2CCCC2)o1. The second-order valence-corrected chi connectivity index (χ2v) is 8.09. The summed E-state index contributed by atoms with van der Waals surface area (Å²) in [5.74, 6) is 1.72. The normalized spacial score (nSPS) is 27.1. The smallest absolute Gasteiger partial charge is 0.287 e. The van der Waals surface area contributed by atoms with Gasteiger partial charge in [0.05, 0.1) is 0 Å². The molecule has 4 aliphatic rings. The lowest BCUT2D eigenvalue weighted by molar-refractivity contribution is 0.0606. The average Bonchev–Trinajstić information content (AvgIpc) is 3.41. The zero-order valence-electron chi connectivity index (χ0n) is 15.7. The number of carbonyl (C=O) groups is 1. The molecular weight excluding hydrogens is 338 g/mol. The first-order valence-corrected chi connectivity index (χ1v) is 10.3. The molecule has 5 heterocycles. The zero-order chi connectivity index (χ0) is 18.2. The summed E-state index contributed by atoms with van der Waals surface area (Å²) in [4.78, 5) is 17.6. The van der Waals surface area contributed by atoms with Crippen molar-refractivity contribution in [2.75, 3.05) is 37.6 Å². The summed E-state index contributed by atoms with van der Waals surface area (Å²) in [5.41, 5.74) is 2.27. The highest BCUT2D eigenvalue weighted by Gasteiger charge is 2.35. The van der Waals surface area contributed by atoms with E-state index in [2.05, 4.69) is 33.3 Å². The Morgan fingerprint density at radius 2 is 1.78 bits per heavy atom. The van der Waals surface area contributed by atoms with E-state index in [1.165, 1.54) is 44.5 Å². The van der Waals surface area contributed by atoms with Crippen LogP contribution in [0.5, 0.6) is 0 Å². The fraction of sp³-hybridized carbons (Fsp3) is 0.500. The number of amides is 1. The maximum absolute atomic E-state index is 12.7. The van der Waals surface area contributed by atoms with Gasteiger partial charge in [-0.05, 0) is 69.0 Å². The molecule has 1 amide bonds. The standard InChI is InChI=1S/C22H27N3O2/c26-22(23-18-15-24-13-9-16(18)10-14-24)21-8-7-20(27-21)17-5-1-2-6-19(17)25-11-3-4-12-25/h1-2,5-8,16,18H,3-4,9-15H2,(H,23,26). The van der Waals surface area contributed by atoms with E-state index in [1.54, 1.807) is 0 Å². The molecule has 4 saturated heterocycles.